The van der Waals surface area contributed by atoms with Gasteiger partial charge in [-0.2, -0.15) is 0 Å². The first-order chi connectivity index (χ1) is 11.3. The summed E-state index contributed by atoms with van der Waals surface area (Å²) < 4.78 is 0. The summed E-state index contributed by atoms with van der Waals surface area (Å²) in [5.41, 5.74) is -1.03. The van der Waals surface area contributed by atoms with E-state index in [1.54, 1.807) is 0 Å². The molecule has 0 radical (unpaired) electrons. The number of likely N-dealkylation sites (tertiary alicyclic amines) is 1. The number of carbonyl (C=O) groups excluding carboxylic acids is 1. The van der Waals surface area contributed by atoms with Gasteiger partial charge >= 0.3 is 12.0 Å². The van der Waals surface area contributed by atoms with E-state index in [0.717, 1.165) is 12.8 Å². The van der Waals surface area contributed by atoms with Crippen LogP contribution < -0.4 is 5.32 Å². The van der Waals surface area contributed by atoms with Gasteiger partial charge in [-0.25, -0.2) is 4.79 Å². The molecule has 2 fully saturated rings. The number of benzene rings is 1. The maximum Gasteiger partial charge on any atom is 0.321 e. The third-order valence-electron chi connectivity index (χ3n) is 5.00. The molecule has 1 saturated carbocycles. The molecule has 0 bridgehead atoms. The molecule has 1 heterocycles. The SMILES string of the molecule is O=C(Nc1cccc([N+](=O)[O-])c1Cl)N1C[C@@H]2CCC[C@@]2(C(=O)O)C1. The zero-order chi connectivity index (χ0) is 17.5. The van der Waals surface area contributed by atoms with E-state index in [1.165, 1.54) is 23.1 Å². The highest BCUT2D eigenvalue weighted by Crippen LogP contribution is 2.49. The van der Waals surface area contributed by atoms with Crippen molar-refractivity contribution in [2.45, 2.75) is 19.3 Å². The van der Waals surface area contributed by atoms with Crippen LogP contribution in [0.4, 0.5) is 16.2 Å². The summed E-state index contributed by atoms with van der Waals surface area (Å²) in [6, 6.07) is 3.65. The highest BCUT2D eigenvalue weighted by atomic mass is 35.5. The number of amides is 2. The largest absolute Gasteiger partial charge is 0.481 e. The topological polar surface area (TPSA) is 113 Å². The van der Waals surface area contributed by atoms with Crippen LogP contribution in [0.3, 0.4) is 0 Å². The molecule has 128 valence electrons. The van der Waals surface area contributed by atoms with E-state index in [1.807, 2.05) is 0 Å². The minimum absolute atomic E-state index is 0.0543. The summed E-state index contributed by atoms with van der Waals surface area (Å²) >= 11 is 5.96. The number of hydrogen-bond acceptors (Lipinski definition) is 4. The summed E-state index contributed by atoms with van der Waals surface area (Å²) in [6.07, 6.45) is 2.20. The van der Waals surface area contributed by atoms with Crippen LogP contribution in [0.2, 0.25) is 5.02 Å². The van der Waals surface area contributed by atoms with Crippen LogP contribution in [0.5, 0.6) is 0 Å². The number of nitro groups is 1. The molecule has 2 amide bonds. The van der Waals surface area contributed by atoms with Crippen molar-refractivity contribution in [1.82, 2.24) is 4.90 Å². The number of nitro benzene ring substituents is 1. The predicted molar refractivity (Wildman–Crippen MR) is 86.1 cm³/mol. The summed E-state index contributed by atoms with van der Waals surface area (Å²) in [4.78, 5) is 35.8. The lowest BCUT2D eigenvalue weighted by atomic mass is 9.81. The standard InChI is InChI=1S/C15H16ClN3O5/c16-12-10(4-1-5-11(12)19(23)24)17-14(22)18-7-9-3-2-6-15(9,8-18)13(20)21/h1,4-5,9H,2-3,6-8H2,(H,17,22)(H,20,21)/t9-,15+/m0/s1. The third-order valence-corrected chi connectivity index (χ3v) is 5.40. The van der Waals surface area contributed by atoms with Crippen molar-refractivity contribution in [1.29, 1.82) is 0 Å². The Morgan fingerprint density at radius 3 is 2.83 bits per heavy atom. The van der Waals surface area contributed by atoms with Gasteiger partial charge in [0.2, 0.25) is 0 Å². The van der Waals surface area contributed by atoms with Crippen molar-refractivity contribution in [3.8, 4) is 0 Å². The molecule has 2 aliphatic rings. The van der Waals surface area contributed by atoms with Crippen LogP contribution in [0.15, 0.2) is 18.2 Å². The molecule has 0 aromatic heterocycles. The Morgan fingerprint density at radius 2 is 2.21 bits per heavy atom. The van der Waals surface area contributed by atoms with Crippen molar-refractivity contribution < 1.29 is 19.6 Å². The fraction of sp³-hybridized carbons (Fsp3) is 0.467. The van der Waals surface area contributed by atoms with Crippen LogP contribution in [0.1, 0.15) is 19.3 Å². The van der Waals surface area contributed by atoms with Crippen molar-refractivity contribution in [3.63, 3.8) is 0 Å². The van der Waals surface area contributed by atoms with Gasteiger partial charge in [-0.05, 0) is 24.8 Å². The lowest BCUT2D eigenvalue weighted by Crippen LogP contribution is -2.38. The maximum atomic E-state index is 12.4. The molecular formula is C15H16ClN3O5. The van der Waals surface area contributed by atoms with Gasteiger partial charge in [-0.1, -0.05) is 24.1 Å². The number of halogens is 1. The van der Waals surface area contributed by atoms with E-state index >= 15 is 0 Å². The van der Waals surface area contributed by atoms with Crippen molar-refractivity contribution >= 4 is 35.0 Å². The number of nitrogens with zero attached hydrogens (tertiary/aromatic N) is 2. The van der Waals surface area contributed by atoms with Crippen LogP contribution >= 0.6 is 11.6 Å². The van der Waals surface area contributed by atoms with Gasteiger partial charge < -0.3 is 15.3 Å². The van der Waals surface area contributed by atoms with Gasteiger partial charge in [0.05, 0.1) is 16.0 Å². The number of aliphatic carboxylic acids is 1. The van der Waals surface area contributed by atoms with Gasteiger partial charge in [-0.15, -0.1) is 0 Å². The zero-order valence-electron chi connectivity index (χ0n) is 12.7. The molecule has 2 atom stereocenters. The van der Waals surface area contributed by atoms with Gasteiger partial charge in [0.15, 0.2) is 0 Å². The highest BCUT2D eigenvalue weighted by Gasteiger charge is 2.55. The Morgan fingerprint density at radius 1 is 1.46 bits per heavy atom. The highest BCUT2D eigenvalue weighted by molar-refractivity contribution is 6.35. The summed E-state index contributed by atoms with van der Waals surface area (Å²) in [5, 5.41) is 22.8. The lowest BCUT2D eigenvalue weighted by Gasteiger charge is -2.23. The summed E-state index contributed by atoms with van der Waals surface area (Å²) in [5.74, 6) is -0.921. The predicted octanol–water partition coefficient (Wildman–Crippen LogP) is 2.97. The van der Waals surface area contributed by atoms with E-state index in [0.29, 0.717) is 13.0 Å². The number of carboxylic acid groups (broad SMARTS) is 1. The van der Waals surface area contributed by atoms with Crippen LogP contribution in [0.25, 0.3) is 0 Å². The molecule has 24 heavy (non-hydrogen) atoms. The van der Waals surface area contributed by atoms with Crippen molar-refractivity contribution in [2.75, 3.05) is 18.4 Å². The molecule has 3 rings (SSSR count). The molecule has 0 unspecified atom stereocenters. The maximum absolute atomic E-state index is 12.4. The molecule has 1 aliphatic heterocycles. The zero-order valence-corrected chi connectivity index (χ0v) is 13.5. The molecule has 1 aliphatic carbocycles. The number of nitrogens with one attached hydrogen (secondary N) is 1. The van der Waals surface area contributed by atoms with Gasteiger partial charge in [-0.3, -0.25) is 14.9 Å². The van der Waals surface area contributed by atoms with Crippen molar-refractivity contribution in [3.05, 3.63) is 33.3 Å². The normalized spacial score (nSPS) is 25.4. The fourth-order valence-electron chi connectivity index (χ4n) is 3.75. The number of anilines is 1. The van der Waals surface area contributed by atoms with E-state index in [-0.39, 0.29) is 28.9 Å². The molecule has 1 aromatic carbocycles. The number of urea groups is 1. The second-order valence-electron chi connectivity index (χ2n) is 6.26. The lowest BCUT2D eigenvalue weighted by molar-refractivity contribution is -0.384. The average Bonchev–Trinajstić information content (AvgIpc) is 3.07. The Bertz CT molecular complexity index is 725. The van der Waals surface area contributed by atoms with E-state index in [2.05, 4.69) is 5.32 Å². The molecular weight excluding hydrogens is 338 g/mol. The molecule has 2 N–H and O–H groups in total. The minimum Gasteiger partial charge on any atom is -0.481 e. The second-order valence-corrected chi connectivity index (χ2v) is 6.63. The third kappa shape index (κ3) is 2.56. The number of rotatable bonds is 3. The van der Waals surface area contributed by atoms with E-state index in [4.69, 9.17) is 11.6 Å². The number of carboxylic acids is 1. The van der Waals surface area contributed by atoms with E-state index < -0.39 is 22.3 Å². The van der Waals surface area contributed by atoms with Crippen LogP contribution in [-0.4, -0.2) is 40.0 Å². The number of fused-ring (bicyclic) bond motifs is 1. The molecule has 8 nitrogen and oxygen atoms in total. The van der Waals surface area contributed by atoms with Gasteiger partial charge in [0.25, 0.3) is 5.69 Å². The average molecular weight is 354 g/mol. The van der Waals surface area contributed by atoms with E-state index in [9.17, 15) is 24.8 Å². The molecule has 9 heteroatoms. The van der Waals surface area contributed by atoms with Gasteiger partial charge in [0, 0.05) is 19.2 Å². The Labute approximate surface area is 142 Å². The fourth-order valence-corrected chi connectivity index (χ4v) is 3.99. The first-order valence-corrected chi connectivity index (χ1v) is 7.95. The van der Waals surface area contributed by atoms with Crippen LogP contribution in [-0.2, 0) is 4.79 Å². The van der Waals surface area contributed by atoms with Gasteiger partial charge in [0.1, 0.15) is 5.02 Å². The quantitative estimate of drug-likeness (QED) is 0.640. The first-order valence-electron chi connectivity index (χ1n) is 7.57. The Hall–Kier alpha value is -2.35. The Balaban J connectivity index is 1.77. The van der Waals surface area contributed by atoms with Crippen LogP contribution in [0, 0.1) is 21.4 Å². The minimum atomic E-state index is -0.871. The Kier molecular flexibility index (Phi) is 4.08. The first kappa shape index (κ1) is 16.5. The number of carbonyl (C=O) groups is 2. The molecule has 0 spiro atoms. The molecule has 1 saturated heterocycles. The summed E-state index contributed by atoms with van der Waals surface area (Å²) in [6.45, 7) is 0.510. The van der Waals surface area contributed by atoms with Crippen molar-refractivity contribution in [2.24, 2.45) is 11.3 Å². The number of hydrogen-bond donors (Lipinski definition) is 2. The smallest absolute Gasteiger partial charge is 0.321 e. The second kappa shape index (κ2) is 5.94. The molecule has 1 aromatic rings. The monoisotopic (exact) mass is 353 g/mol. The summed E-state index contributed by atoms with van der Waals surface area (Å²) in [7, 11) is 0.